The predicted molar refractivity (Wildman–Crippen MR) is 95.1 cm³/mol. The van der Waals surface area contributed by atoms with Gasteiger partial charge in [-0.1, -0.05) is 54.4 Å². The quantitative estimate of drug-likeness (QED) is 0.861. The summed E-state index contributed by atoms with van der Waals surface area (Å²) in [6.45, 7) is 14.1. The number of Topliss-reactive ketones (excluding diaryl/α,β-unsaturated/α-hetero) is 1. The number of nitrogens with zero attached hydrogens (tertiary/aromatic N) is 1. The second-order valence-electron chi connectivity index (χ2n) is 9.45. The van der Waals surface area contributed by atoms with Crippen LogP contribution in [0.15, 0.2) is 0 Å². The zero-order chi connectivity index (χ0) is 16.9. The third-order valence-corrected chi connectivity index (χ3v) is 6.73. The minimum Gasteiger partial charge on any atom is -0.298 e. The molecule has 0 aromatic rings. The molecular formula is C20H36N2O. The lowest BCUT2D eigenvalue weighted by Gasteiger charge is -2.38. The zero-order valence-electron chi connectivity index (χ0n) is 15.9. The number of hydrogen-bond acceptors (Lipinski definition) is 3. The van der Waals surface area contributed by atoms with Gasteiger partial charge in [-0.05, 0) is 43.1 Å². The molecule has 132 valence electrons. The molecule has 1 N–H and O–H groups in total. The van der Waals surface area contributed by atoms with Crippen LogP contribution < -0.4 is 5.32 Å². The van der Waals surface area contributed by atoms with E-state index in [0.29, 0.717) is 35.7 Å². The smallest absolute Gasteiger partial charge is 0.155 e. The van der Waals surface area contributed by atoms with Crippen molar-refractivity contribution in [2.24, 2.45) is 29.1 Å². The number of hydrogen-bond donors (Lipinski definition) is 1. The van der Waals surface area contributed by atoms with Gasteiger partial charge in [-0.3, -0.25) is 15.0 Å². The zero-order valence-corrected chi connectivity index (χ0v) is 15.9. The fraction of sp³-hybridized carbons (Fsp3) is 0.950. The van der Waals surface area contributed by atoms with Gasteiger partial charge in [0.15, 0.2) is 5.78 Å². The van der Waals surface area contributed by atoms with Gasteiger partial charge in [0, 0.05) is 11.5 Å². The number of ketones is 1. The Morgan fingerprint density at radius 3 is 2.43 bits per heavy atom. The van der Waals surface area contributed by atoms with Crippen LogP contribution in [-0.2, 0) is 4.79 Å². The lowest BCUT2D eigenvalue weighted by atomic mass is 9.68. The molecule has 23 heavy (non-hydrogen) atoms. The molecule has 6 unspecified atom stereocenters. The van der Waals surface area contributed by atoms with Crippen molar-refractivity contribution in [1.82, 2.24) is 10.2 Å². The van der Waals surface area contributed by atoms with E-state index in [9.17, 15) is 4.79 Å². The lowest BCUT2D eigenvalue weighted by molar-refractivity contribution is -0.133. The van der Waals surface area contributed by atoms with Gasteiger partial charge in [0.25, 0.3) is 0 Å². The predicted octanol–water partition coefficient (Wildman–Crippen LogP) is 3.68. The molecule has 2 saturated heterocycles. The Labute approximate surface area is 142 Å². The molecule has 3 nitrogen and oxygen atoms in total. The number of fused-ring (bicyclic) bond motifs is 3. The van der Waals surface area contributed by atoms with Gasteiger partial charge in [-0.2, -0.15) is 0 Å². The normalized spacial score (nSPS) is 41.2. The van der Waals surface area contributed by atoms with Crippen LogP contribution in [0.1, 0.15) is 67.2 Å². The van der Waals surface area contributed by atoms with E-state index in [0.717, 1.165) is 12.5 Å². The molecule has 3 aliphatic rings. The summed E-state index contributed by atoms with van der Waals surface area (Å²) >= 11 is 0. The summed E-state index contributed by atoms with van der Waals surface area (Å²) in [7, 11) is 0. The minimum absolute atomic E-state index is 0.102. The molecule has 0 aromatic heterocycles. The molecule has 0 amide bonds. The molecule has 3 fully saturated rings. The summed E-state index contributed by atoms with van der Waals surface area (Å²) in [4.78, 5) is 15.8. The highest BCUT2D eigenvalue weighted by atomic mass is 16.1. The summed E-state index contributed by atoms with van der Waals surface area (Å²) in [5, 5.41) is 3.95. The average molecular weight is 321 g/mol. The standard InChI is InChI=1S/C20H36N2O/c1-7-22-17(18(23)20(4,5)6)15(12(2)3)16-13-10-8-9-11-14(13)21-19(16)22/h12-17,19,21H,7-11H2,1-6H3. The van der Waals surface area contributed by atoms with Gasteiger partial charge in [0.05, 0.1) is 12.2 Å². The Hall–Kier alpha value is -0.410. The Bertz CT molecular complexity index is 453. The van der Waals surface area contributed by atoms with Crippen LogP contribution in [0.25, 0.3) is 0 Å². The van der Waals surface area contributed by atoms with Crippen LogP contribution in [-0.4, -0.2) is 35.5 Å². The molecule has 0 spiro atoms. The summed E-state index contributed by atoms with van der Waals surface area (Å²) in [5.41, 5.74) is -0.254. The topological polar surface area (TPSA) is 32.3 Å². The molecule has 0 radical (unpaired) electrons. The van der Waals surface area contributed by atoms with Crippen LogP contribution in [0.3, 0.4) is 0 Å². The molecule has 3 heteroatoms. The number of likely N-dealkylation sites (N-methyl/N-ethyl adjacent to an activating group) is 1. The maximum Gasteiger partial charge on any atom is 0.155 e. The molecule has 0 bridgehead atoms. The van der Waals surface area contributed by atoms with Crippen molar-refractivity contribution in [3.8, 4) is 0 Å². The number of carbonyl (C=O) groups excluding carboxylic acids is 1. The van der Waals surface area contributed by atoms with Crippen LogP contribution in [0.2, 0.25) is 0 Å². The summed E-state index contributed by atoms with van der Waals surface area (Å²) in [5.74, 6) is 2.97. The molecule has 3 rings (SSSR count). The summed E-state index contributed by atoms with van der Waals surface area (Å²) < 4.78 is 0. The van der Waals surface area contributed by atoms with E-state index in [1.807, 2.05) is 0 Å². The summed E-state index contributed by atoms with van der Waals surface area (Å²) in [6, 6.07) is 0.796. The molecular weight excluding hydrogens is 284 g/mol. The van der Waals surface area contributed by atoms with E-state index in [1.165, 1.54) is 25.7 Å². The van der Waals surface area contributed by atoms with Crippen molar-refractivity contribution >= 4 is 5.78 Å². The first-order chi connectivity index (χ1) is 10.8. The SMILES string of the molecule is CCN1C2NC3CCCCC3C2C(C(C)C)C1C(=O)C(C)(C)C. The largest absolute Gasteiger partial charge is 0.298 e. The molecule has 2 heterocycles. The second-order valence-corrected chi connectivity index (χ2v) is 9.45. The molecule has 6 atom stereocenters. The number of nitrogens with one attached hydrogen (secondary N) is 1. The first kappa shape index (κ1) is 17.4. The van der Waals surface area contributed by atoms with E-state index in [2.05, 4.69) is 51.8 Å². The fourth-order valence-electron chi connectivity index (χ4n) is 5.78. The third kappa shape index (κ3) is 2.78. The average Bonchev–Trinajstić information content (AvgIpc) is 2.98. The highest BCUT2D eigenvalue weighted by Gasteiger charge is 2.60. The van der Waals surface area contributed by atoms with Crippen molar-refractivity contribution in [2.45, 2.75) is 85.5 Å². The van der Waals surface area contributed by atoms with E-state index >= 15 is 0 Å². The van der Waals surface area contributed by atoms with Crippen molar-refractivity contribution < 1.29 is 4.79 Å². The number of carbonyl (C=O) groups is 1. The first-order valence-corrected chi connectivity index (χ1v) is 9.83. The second kappa shape index (κ2) is 6.15. The number of rotatable bonds is 3. The van der Waals surface area contributed by atoms with Gasteiger partial charge >= 0.3 is 0 Å². The Morgan fingerprint density at radius 1 is 1.22 bits per heavy atom. The summed E-state index contributed by atoms with van der Waals surface area (Å²) in [6.07, 6.45) is 5.86. The Kier molecular flexibility index (Phi) is 4.65. The maximum atomic E-state index is 13.3. The highest BCUT2D eigenvalue weighted by molar-refractivity contribution is 5.89. The van der Waals surface area contributed by atoms with Gasteiger partial charge < -0.3 is 0 Å². The molecule has 2 aliphatic heterocycles. The van der Waals surface area contributed by atoms with Gasteiger partial charge in [0.2, 0.25) is 0 Å². The van der Waals surface area contributed by atoms with Crippen molar-refractivity contribution in [1.29, 1.82) is 0 Å². The fourth-order valence-corrected chi connectivity index (χ4v) is 5.78. The van der Waals surface area contributed by atoms with Crippen LogP contribution >= 0.6 is 0 Å². The van der Waals surface area contributed by atoms with Crippen LogP contribution in [0.4, 0.5) is 0 Å². The van der Waals surface area contributed by atoms with Crippen molar-refractivity contribution in [3.63, 3.8) is 0 Å². The Balaban J connectivity index is 1.96. The monoisotopic (exact) mass is 320 g/mol. The minimum atomic E-state index is -0.254. The van der Waals surface area contributed by atoms with Crippen LogP contribution in [0, 0.1) is 29.1 Å². The lowest BCUT2D eigenvalue weighted by Crippen LogP contribution is -2.52. The van der Waals surface area contributed by atoms with Crippen LogP contribution in [0.5, 0.6) is 0 Å². The van der Waals surface area contributed by atoms with Gasteiger partial charge in [-0.25, -0.2) is 0 Å². The van der Waals surface area contributed by atoms with Gasteiger partial charge in [-0.15, -0.1) is 0 Å². The number of likely N-dealkylation sites (tertiary alicyclic amines) is 1. The van der Waals surface area contributed by atoms with E-state index < -0.39 is 0 Å². The van der Waals surface area contributed by atoms with E-state index in [4.69, 9.17) is 0 Å². The molecule has 1 aliphatic carbocycles. The highest BCUT2D eigenvalue weighted by Crippen LogP contribution is 2.52. The van der Waals surface area contributed by atoms with Crippen molar-refractivity contribution in [3.05, 3.63) is 0 Å². The van der Waals surface area contributed by atoms with Gasteiger partial charge in [0.1, 0.15) is 0 Å². The van der Waals surface area contributed by atoms with Crippen molar-refractivity contribution in [2.75, 3.05) is 6.54 Å². The van der Waals surface area contributed by atoms with E-state index in [1.54, 1.807) is 0 Å². The molecule has 1 saturated carbocycles. The van der Waals surface area contributed by atoms with E-state index in [-0.39, 0.29) is 11.5 Å². The molecule has 0 aromatic carbocycles. The Morgan fingerprint density at radius 2 is 1.87 bits per heavy atom. The first-order valence-electron chi connectivity index (χ1n) is 9.83. The third-order valence-electron chi connectivity index (χ3n) is 6.73. The maximum absolute atomic E-state index is 13.3.